The highest BCUT2D eigenvalue weighted by Crippen LogP contribution is 2.66. The van der Waals surface area contributed by atoms with Crippen LogP contribution >= 0.6 is 11.6 Å². The molecule has 1 aliphatic carbocycles. The Morgan fingerprint density at radius 1 is 0.844 bits per heavy atom. The quantitative estimate of drug-likeness (QED) is 0.136. The molecule has 0 aromatic carbocycles. The summed E-state index contributed by atoms with van der Waals surface area (Å²) in [6.45, 7) is 13.0. The lowest BCUT2D eigenvalue weighted by Crippen LogP contribution is -2.78. The van der Waals surface area contributed by atoms with Crippen LogP contribution in [0.15, 0.2) is 12.2 Å². The summed E-state index contributed by atoms with van der Waals surface area (Å²) in [5, 5.41) is -1.15. The normalized spacial score (nSPS) is 44.6. The molecule has 1 saturated carbocycles. The van der Waals surface area contributed by atoms with Crippen LogP contribution in [0, 0.1) is 17.3 Å². The number of hydrogen-bond donors (Lipinski definition) is 0. The van der Waals surface area contributed by atoms with E-state index in [2.05, 4.69) is 6.58 Å². The average molecular weight is 657 g/mol. The van der Waals surface area contributed by atoms with Gasteiger partial charge in [-0.15, -0.1) is 11.6 Å². The molecular formula is C30H37ClO14. The van der Waals surface area contributed by atoms with E-state index < -0.39 is 112 Å². The van der Waals surface area contributed by atoms with Gasteiger partial charge in [0.15, 0.2) is 23.9 Å². The van der Waals surface area contributed by atoms with Crippen molar-refractivity contribution >= 4 is 47.4 Å². The second kappa shape index (κ2) is 11.2. The number of halogens is 1. The molecule has 0 radical (unpaired) electrons. The van der Waals surface area contributed by atoms with Crippen molar-refractivity contribution in [2.75, 3.05) is 6.61 Å². The Balaban J connectivity index is 1.90. The van der Waals surface area contributed by atoms with E-state index in [4.69, 9.17) is 49.5 Å². The highest BCUT2D eigenvalue weighted by Gasteiger charge is 2.82. The number of epoxide rings is 1. The van der Waals surface area contributed by atoms with Crippen LogP contribution in [0.4, 0.5) is 0 Å². The van der Waals surface area contributed by atoms with Crippen molar-refractivity contribution in [1.82, 2.24) is 0 Å². The van der Waals surface area contributed by atoms with Crippen LogP contribution in [0.1, 0.15) is 54.9 Å². The number of fused-ring (bicyclic) bond motifs is 3. The highest BCUT2D eigenvalue weighted by atomic mass is 35.5. The molecule has 4 heterocycles. The molecule has 0 N–H and O–H groups in total. The Bertz CT molecular complexity index is 1340. The molecule has 0 aromatic rings. The monoisotopic (exact) mass is 656 g/mol. The molecule has 5 rings (SSSR count). The first-order chi connectivity index (χ1) is 20.9. The van der Waals surface area contributed by atoms with Gasteiger partial charge in [-0.1, -0.05) is 13.5 Å². The van der Waals surface area contributed by atoms with Gasteiger partial charge in [0, 0.05) is 47.0 Å². The van der Waals surface area contributed by atoms with Crippen LogP contribution in [0.25, 0.3) is 0 Å². The van der Waals surface area contributed by atoms with E-state index in [0.717, 1.165) is 20.8 Å². The predicted octanol–water partition coefficient (Wildman–Crippen LogP) is 1.32. The second-order valence-corrected chi connectivity index (χ2v) is 13.1. The first-order valence-corrected chi connectivity index (χ1v) is 15.1. The van der Waals surface area contributed by atoms with Gasteiger partial charge in [0.05, 0.1) is 23.3 Å². The summed E-state index contributed by atoms with van der Waals surface area (Å²) in [7, 11) is 0. The van der Waals surface area contributed by atoms with Gasteiger partial charge in [-0.05, 0) is 12.5 Å². The lowest BCUT2D eigenvalue weighted by molar-refractivity contribution is -0.315. The lowest BCUT2D eigenvalue weighted by atomic mass is 9.50. The Morgan fingerprint density at radius 3 is 1.87 bits per heavy atom. The van der Waals surface area contributed by atoms with E-state index in [9.17, 15) is 28.8 Å². The molecule has 5 aliphatic rings. The minimum atomic E-state index is -1.86. The Morgan fingerprint density at radius 2 is 1.36 bits per heavy atom. The number of esters is 6. The van der Waals surface area contributed by atoms with Crippen molar-refractivity contribution in [3.05, 3.63) is 12.2 Å². The van der Waals surface area contributed by atoms with Gasteiger partial charge in [0.25, 0.3) is 0 Å². The molecule has 45 heavy (non-hydrogen) atoms. The molecule has 15 heteroatoms. The van der Waals surface area contributed by atoms with Crippen LogP contribution in [-0.2, 0) is 66.7 Å². The molecule has 0 unspecified atom stereocenters. The fourth-order valence-corrected chi connectivity index (χ4v) is 8.47. The number of ether oxygens (including phenoxy) is 8. The first-order valence-electron chi connectivity index (χ1n) is 14.6. The van der Waals surface area contributed by atoms with E-state index in [1.54, 1.807) is 6.92 Å². The van der Waals surface area contributed by atoms with E-state index >= 15 is 0 Å². The molecule has 0 amide bonds. The number of carbonyl (C=O) groups is 6. The van der Waals surface area contributed by atoms with Gasteiger partial charge in [0.2, 0.25) is 0 Å². The summed E-state index contributed by atoms with van der Waals surface area (Å²) in [6.07, 6.45) is -9.42. The molecule has 4 saturated heterocycles. The first kappa shape index (κ1) is 33.1. The van der Waals surface area contributed by atoms with Crippen LogP contribution < -0.4 is 0 Å². The summed E-state index contributed by atoms with van der Waals surface area (Å²) < 4.78 is 48.2. The van der Waals surface area contributed by atoms with Crippen molar-refractivity contribution in [2.24, 2.45) is 17.3 Å². The van der Waals surface area contributed by atoms with Crippen molar-refractivity contribution in [3.8, 4) is 0 Å². The zero-order chi connectivity index (χ0) is 33.4. The van der Waals surface area contributed by atoms with Gasteiger partial charge in [0.1, 0.15) is 30.0 Å². The summed E-state index contributed by atoms with van der Waals surface area (Å²) in [5.41, 5.74) is -4.78. The van der Waals surface area contributed by atoms with E-state index in [-0.39, 0.29) is 18.6 Å². The van der Waals surface area contributed by atoms with Crippen molar-refractivity contribution in [1.29, 1.82) is 0 Å². The maximum absolute atomic E-state index is 13.4. The van der Waals surface area contributed by atoms with Crippen LogP contribution in [0.3, 0.4) is 0 Å². The fourth-order valence-electron chi connectivity index (χ4n) is 8.10. The zero-order valence-corrected chi connectivity index (χ0v) is 26.7. The smallest absolute Gasteiger partial charge is 0.312 e. The van der Waals surface area contributed by atoms with Gasteiger partial charge in [-0.2, -0.15) is 0 Å². The summed E-state index contributed by atoms with van der Waals surface area (Å²) in [5.74, 6) is -6.81. The SMILES string of the molecule is C=C1[C@H]2O[C@]3([C@@H](C)C(=O)O[C@H]3[C@H]1Cl)[C@@H](OC(C)=O)[C@H]1[C@@]3(CO3)[C@H](OC(C)=O)C[C@H](OC(C)=O)[C@]1(C)[C@@H](OC(C)=O)[C@@H]2OC(C)=O. The number of carbonyl (C=O) groups excluding carboxylic acids is 6. The van der Waals surface area contributed by atoms with Gasteiger partial charge < -0.3 is 37.9 Å². The predicted molar refractivity (Wildman–Crippen MR) is 148 cm³/mol. The van der Waals surface area contributed by atoms with E-state index in [1.807, 2.05) is 0 Å². The van der Waals surface area contributed by atoms with Crippen LogP contribution in [-0.4, -0.2) is 102 Å². The number of hydrogen-bond acceptors (Lipinski definition) is 14. The summed E-state index contributed by atoms with van der Waals surface area (Å²) in [6, 6.07) is 0. The Kier molecular flexibility index (Phi) is 8.27. The molecule has 5 fully saturated rings. The summed E-state index contributed by atoms with van der Waals surface area (Å²) in [4.78, 5) is 76.9. The maximum Gasteiger partial charge on any atom is 0.312 e. The average Bonchev–Trinajstić information content (AvgIpc) is 3.66. The lowest BCUT2D eigenvalue weighted by Gasteiger charge is -2.63. The van der Waals surface area contributed by atoms with E-state index in [0.29, 0.717) is 0 Å². The van der Waals surface area contributed by atoms with Crippen LogP contribution in [0.5, 0.6) is 0 Å². The molecular weight excluding hydrogens is 620 g/mol. The van der Waals surface area contributed by atoms with Gasteiger partial charge >= 0.3 is 35.8 Å². The zero-order valence-electron chi connectivity index (χ0n) is 26.0. The third-order valence-corrected chi connectivity index (χ3v) is 10.3. The third kappa shape index (κ3) is 4.99. The maximum atomic E-state index is 13.4. The largest absolute Gasteiger partial charge is 0.462 e. The second-order valence-electron chi connectivity index (χ2n) is 12.6. The standard InChI is InChI=1S/C30H37ClO14/c1-11-20(31)24-30(12(2)27(37)44-24)26(43-17(7)36)23-28(8,25(42-16(6)35)22(21(11)45-30)41-15(5)34)18(39-13(3)32)9-19(40-14(4)33)29(23)10-38-29/h12,18-26H,1,9-10H2,2-8H3/t12-,18-,19+,20-,21+,22+,23+,24-,25-,26-,28-,29+,30-/m0/s1. The Labute approximate surface area is 264 Å². The Hall–Kier alpha value is -3.23. The molecule has 0 aromatic heterocycles. The molecule has 13 atom stereocenters. The summed E-state index contributed by atoms with van der Waals surface area (Å²) >= 11 is 6.95. The number of alkyl halides is 1. The van der Waals surface area contributed by atoms with Crippen molar-refractivity contribution in [2.45, 2.75) is 114 Å². The minimum absolute atomic E-state index is 0.0366. The van der Waals surface area contributed by atoms with Crippen molar-refractivity contribution < 1.29 is 66.7 Å². The fraction of sp³-hybridized carbons (Fsp3) is 0.733. The molecule has 14 nitrogen and oxygen atoms in total. The number of rotatable bonds is 5. The molecule has 4 aliphatic heterocycles. The van der Waals surface area contributed by atoms with E-state index in [1.165, 1.54) is 20.8 Å². The third-order valence-electron chi connectivity index (χ3n) is 9.84. The molecule has 2 bridgehead atoms. The van der Waals surface area contributed by atoms with Gasteiger partial charge in [-0.25, -0.2) is 0 Å². The minimum Gasteiger partial charge on any atom is -0.462 e. The molecule has 248 valence electrons. The topological polar surface area (TPSA) is 180 Å². The van der Waals surface area contributed by atoms with Crippen molar-refractivity contribution in [3.63, 3.8) is 0 Å². The van der Waals surface area contributed by atoms with Crippen LogP contribution in [0.2, 0.25) is 0 Å². The van der Waals surface area contributed by atoms with Gasteiger partial charge in [-0.3, -0.25) is 28.8 Å². The highest BCUT2D eigenvalue weighted by molar-refractivity contribution is 6.23. The molecule has 2 spiro atoms.